The predicted molar refractivity (Wildman–Crippen MR) is 195 cm³/mol. The van der Waals surface area contributed by atoms with Gasteiger partial charge in [-0.1, -0.05) is 72.2 Å². The number of aliphatic hydroxyl groups excluding tert-OH is 1. The van der Waals surface area contributed by atoms with E-state index in [1.165, 1.54) is 5.57 Å². The number of aliphatic hydroxyl groups is 1. The van der Waals surface area contributed by atoms with Crippen molar-refractivity contribution < 1.29 is 14.7 Å². The standard InChI is InChI=1S/C41H62ClN3O3/c1-26(2)34-30(46)24-41(43-36(48)45(23-22-44(8)9)25-27-10-12-28(42)13-11-27)21-20-39(6)29(35(34)41)14-15-32-38(5)18-17-33(47)37(3,4)31(38)16-19-40(32,39)7/h10-13,26,29,31-33,47H,14-25H2,1-9H3,(H,43,48)/t29-,31+,32-,33+,38+,39-,40-,41?/m1/s1. The third-order valence-electron chi connectivity index (χ3n) is 15.1. The van der Waals surface area contributed by atoms with E-state index in [0.29, 0.717) is 36.4 Å². The molecule has 1 aromatic rings. The minimum Gasteiger partial charge on any atom is -0.393 e. The van der Waals surface area contributed by atoms with Crippen molar-refractivity contribution in [1.82, 2.24) is 15.1 Å². The number of fused-ring (bicyclic) bond motifs is 7. The number of urea groups is 1. The van der Waals surface area contributed by atoms with Crippen molar-refractivity contribution in [1.29, 1.82) is 0 Å². The van der Waals surface area contributed by atoms with E-state index in [0.717, 1.165) is 69.0 Å². The summed E-state index contributed by atoms with van der Waals surface area (Å²) in [5, 5.41) is 15.4. The Morgan fingerprint density at radius 1 is 0.917 bits per heavy atom. The number of rotatable bonds is 7. The Morgan fingerprint density at radius 3 is 2.25 bits per heavy atom. The zero-order valence-corrected chi connectivity index (χ0v) is 32.0. The Kier molecular flexibility index (Phi) is 9.28. The highest BCUT2D eigenvalue weighted by molar-refractivity contribution is 6.30. The normalized spacial score (nSPS) is 38.7. The number of benzene rings is 1. The molecule has 5 aliphatic rings. The minimum atomic E-state index is -0.629. The van der Waals surface area contributed by atoms with Crippen molar-refractivity contribution in [2.24, 2.45) is 45.3 Å². The average Bonchev–Trinajstić information content (AvgIpc) is 3.30. The van der Waals surface area contributed by atoms with Gasteiger partial charge in [0, 0.05) is 31.1 Å². The lowest BCUT2D eigenvalue weighted by Crippen LogP contribution is -2.67. The molecule has 2 N–H and O–H groups in total. The summed E-state index contributed by atoms with van der Waals surface area (Å²) in [5.74, 6) is 1.71. The van der Waals surface area contributed by atoms with E-state index in [4.69, 9.17) is 11.6 Å². The Labute approximate surface area is 295 Å². The van der Waals surface area contributed by atoms with Crippen LogP contribution in [-0.2, 0) is 11.3 Å². The first kappa shape index (κ1) is 35.9. The first-order valence-electron chi connectivity index (χ1n) is 18.8. The van der Waals surface area contributed by atoms with Gasteiger partial charge in [0.25, 0.3) is 0 Å². The molecule has 7 heteroatoms. The number of likely N-dealkylation sites (N-methyl/N-ethyl adjacent to an activating group) is 1. The number of amides is 2. The molecule has 0 saturated heterocycles. The van der Waals surface area contributed by atoms with Gasteiger partial charge in [0.1, 0.15) is 0 Å². The fraction of sp³-hybridized carbons (Fsp3) is 0.756. The second kappa shape index (κ2) is 12.4. The van der Waals surface area contributed by atoms with E-state index in [-0.39, 0.29) is 51.4 Å². The molecule has 2 amide bonds. The molecule has 0 spiro atoms. The molecule has 0 radical (unpaired) electrons. The van der Waals surface area contributed by atoms with Crippen molar-refractivity contribution in [2.45, 2.75) is 124 Å². The minimum absolute atomic E-state index is 0.0341. The molecule has 6 nitrogen and oxygen atoms in total. The van der Waals surface area contributed by atoms with Gasteiger partial charge in [-0.15, -0.1) is 0 Å². The van der Waals surface area contributed by atoms with Gasteiger partial charge in [0.15, 0.2) is 5.78 Å². The van der Waals surface area contributed by atoms with Crippen molar-refractivity contribution >= 4 is 23.4 Å². The van der Waals surface area contributed by atoms with Crippen molar-refractivity contribution in [3.8, 4) is 0 Å². The van der Waals surface area contributed by atoms with Gasteiger partial charge in [-0.2, -0.15) is 0 Å². The lowest BCUT2D eigenvalue weighted by Gasteiger charge is -2.72. The highest BCUT2D eigenvalue weighted by Gasteiger charge is 2.70. The van der Waals surface area contributed by atoms with Gasteiger partial charge in [0.05, 0.1) is 11.6 Å². The maximum absolute atomic E-state index is 14.4. The van der Waals surface area contributed by atoms with Gasteiger partial charge in [-0.25, -0.2) is 4.79 Å². The summed E-state index contributed by atoms with van der Waals surface area (Å²) in [6.45, 7) is 18.5. The highest BCUT2D eigenvalue weighted by Crippen LogP contribution is 2.75. The van der Waals surface area contributed by atoms with Crippen LogP contribution >= 0.6 is 11.6 Å². The molecule has 4 saturated carbocycles. The van der Waals surface area contributed by atoms with Crippen LogP contribution in [0.15, 0.2) is 35.4 Å². The lowest BCUT2D eigenvalue weighted by molar-refractivity contribution is -0.226. The monoisotopic (exact) mass is 679 g/mol. The molecule has 6 rings (SSSR count). The number of nitrogens with one attached hydrogen (secondary N) is 1. The molecule has 0 heterocycles. The van der Waals surface area contributed by atoms with Crippen LogP contribution in [-0.4, -0.2) is 65.5 Å². The number of Topliss-reactive ketones (excluding diaryl/α,β-unsaturated/α-hetero) is 1. The molecular formula is C41H62ClN3O3. The molecule has 266 valence electrons. The number of halogens is 1. The number of nitrogens with zero attached hydrogens (tertiary/aromatic N) is 2. The van der Waals surface area contributed by atoms with Crippen LogP contribution in [0.3, 0.4) is 0 Å². The van der Waals surface area contributed by atoms with Gasteiger partial charge < -0.3 is 20.2 Å². The first-order chi connectivity index (χ1) is 22.4. The maximum atomic E-state index is 14.4. The average molecular weight is 680 g/mol. The lowest BCUT2D eigenvalue weighted by atomic mass is 9.33. The summed E-state index contributed by atoms with van der Waals surface area (Å²) in [6, 6.07) is 7.67. The molecule has 8 atom stereocenters. The van der Waals surface area contributed by atoms with Gasteiger partial charge in [-0.3, -0.25) is 4.79 Å². The summed E-state index contributed by atoms with van der Waals surface area (Å²) < 4.78 is 0. The Bertz CT molecular complexity index is 1450. The molecule has 0 aromatic heterocycles. The van der Waals surface area contributed by atoms with Gasteiger partial charge in [-0.05, 0) is 140 Å². The van der Waals surface area contributed by atoms with Crippen LogP contribution < -0.4 is 5.32 Å². The van der Waals surface area contributed by atoms with Gasteiger partial charge in [0.2, 0.25) is 0 Å². The quantitative estimate of drug-likeness (QED) is 0.303. The van der Waals surface area contributed by atoms with Gasteiger partial charge >= 0.3 is 6.03 Å². The smallest absolute Gasteiger partial charge is 0.318 e. The molecule has 0 aliphatic heterocycles. The summed E-state index contributed by atoms with van der Waals surface area (Å²) in [5.41, 5.74) is 2.96. The highest BCUT2D eigenvalue weighted by atomic mass is 35.5. The second-order valence-corrected chi connectivity index (χ2v) is 18.9. The second-order valence-electron chi connectivity index (χ2n) is 18.4. The maximum Gasteiger partial charge on any atom is 0.318 e. The number of ketones is 1. The van der Waals surface area contributed by atoms with E-state index >= 15 is 0 Å². The third kappa shape index (κ3) is 5.50. The van der Waals surface area contributed by atoms with Crippen LogP contribution in [0.5, 0.6) is 0 Å². The predicted octanol–water partition coefficient (Wildman–Crippen LogP) is 8.51. The summed E-state index contributed by atoms with van der Waals surface area (Å²) >= 11 is 6.19. The number of hydrogen-bond donors (Lipinski definition) is 2. The zero-order chi connectivity index (χ0) is 35.0. The molecular weight excluding hydrogens is 618 g/mol. The summed E-state index contributed by atoms with van der Waals surface area (Å²) in [7, 11) is 4.07. The largest absolute Gasteiger partial charge is 0.393 e. The molecule has 0 bridgehead atoms. The van der Waals surface area contributed by atoms with Crippen molar-refractivity contribution in [2.75, 3.05) is 27.2 Å². The fourth-order valence-corrected chi connectivity index (χ4v) is 12.5. The summed E-state index contributed by atoms with van der Waals surface area (Å²) in [6.07, 6.45) is 8.47. The molecule has 5 aliphatic carbocycles. The van der Waals surface area contributed by atoms with Crippen LogP contribution in [0.2, 0.25) is 5.02 Å². The number of allylic oxidation sites excluding steroid dienone is 1. The zero-order valence-electron chi connectivity index (χ0n) is 31.2. The Balaban J connectivity index is 1.35. The van der Waals surface area contributed by atoms with E-state index in [1.54, 1.807) is 0 Å². The molecule has 4 fully saturated rings. The van der Waals surface area contributed by atoms with E-state index < -0.39 is 5.54 Å². The van der Waals surface area contributed by atoms with Crippen LogP contribution in [0.4, 0.5) is 4.79 Å². The fourth-order valence-electron chi connectivity index (χ4n) is 12.4. The van der Waals surface area contributed by atoms with Crippen molar-refractivity contribution in [3.05, 3.63) is 46.0 Å². The van der Waals surface area contributed by atoms with E-state index in [1.807, 2.05) is 43.3 Å². The molecule has 48 heavy (non-hydrogen) atoms. The van der Waals surface area contributed by atoms with Crippen LogP contribution in [0.25, 0.3) is 0 Å². The number of hydrogen-bond acceptors (Lipinski definition) is 4. The molecule has 1 aromatic carbocycles. The first-order valence-corrected chi connectivity index (χ1v) is 19.2. The SMILES string of the molecule is CC(C)C1=C2[C@H]3CC[C@@H]4[C@@]5(C)CC[C@H](O)C(C)(C)[C@@H]5CC[C@@]4(C)[C@]3(C)CCC2(NC(=O)N(CCN(C)C)Cc2ccc(Cl)cc2)CC1=O. The van der Waals surface area contributed by atoms with E-state index in [2.05, 4.69) is 58.7 Å². The third-order valence-corrected chi connectivity index (χ3v) is 15.4. The summed E-state index contributed by atoms with van der Waals surface area (Å²) in [4.78, 5) is 32.6. The van der Waals surface area contributed by atoms with Crippen molar-refractivity contribution in [3.63, 3.8) is 0 Å². The van der Waals surface area contributed by atoms with Crippen LogP contribution in [0.1, 0.15) is 112 Å². The molecule has 1 unspecified atom stereocenters. The number of carbonyl (C=O) groups is 2. The van der Waals surface area contributed by atoms with E-state index in [9.17, 15) is 14.7 Å². The Morgan fingerprint density at radius 2 is 1.60 bits per heavy atom. The number of carbonyl (C=O) groups excluding carboxylic acids is 2. The topological polar surface area (TPSA) is 72.9 Å². The van der Waals surface area contributed by atoms with Crippen LogP contribution in [0, 0.1) is 45.3 Å². The Hall–Kier alpha value is -1.89.